The molecule has 0 radical (unpaired) electrons. The first-order valence-corrected chi connectivity index (χ1v) is 10.5. The van der Waals surface area contributed by atoms with Gasteiger partial charge < -0.3 is 15.5 Å². The highest BCUT2D eigenvalue weighted by Crippen LogP contribution is 2.30. The van der Waals surface area contributed by atoms with E-state index in [9.17, 15) is 23.2 Å². The number of benzene rings is 1. The fourth-order valence-electron chi connectivity index (χ4n) is 2.85. The Labute approximate surface area is 183 Å². The normalized spacial score (nSPS) is 11.4. The second kappa shape index (κ2) is 10.5. The average molecular weight is 453 g/mol. The molecular formula is C20H23F3N6OS. The van der Waals surface area contributed by atoms with Crippen molar-refractivity contribution in [3.05, 3.63) is 41.0 Å². The van der Waals surface area contributed by atoms with Crippen molar-refractivity contribution in [1.29, 1.82) is 5.26 Å². The number of carbonyl (C=O) groups is 1. The maximum absolute atomic E-state index is 12.9. The molecule has 0 saturated heterocycles. The minimum absolute atomic E-state index is 0.0291. The molecule has 0 unspecified atom stereocenters. The van der Waals surface area contributed by atoms with Crippen molar-refractivity contribution in [1.82, 2.24) is 14.9 Å². The number of Topliss-reactive ketones (excluding diaryl/α,β-unsaturated/α-hetero) is 1. The lowest BCUT2D eigenvalue weighted by Gasteiger charge is -2.26. The molecule has 0 aliphatic heterocycles. The zero-order chi connectivity index (χ0) is 23.2. The van der Waals surface area contributed by atoms with Crippen LogP contribution >= 0.6 is 11.8 Å². The van der Waals surface area contributed by atoms with E-state index in [0.717, 1.165) is 12.1 Å². The van der Waals surface area contributed by atoms with Crippen LogP contribution in [0.15, 0.2) is 29.3 Å². The van der Waals surface area contributed by atoms with Gasteiger partial charge in [0, 0.05) is 19.5 Å². The zero-order valence-electron chi connectivity index (χ0n) is 17.4. The highest BCUT2D eigenvalue weighted by Gasteiger charge is 2.30. The minimum Gasteiger partial charge on any atom is -0.368 e. The van der Waals surface area contributed by atoms with E-state index < -0.39 is 11.7 Å². The molecule has 0 fully saturated rings. The fourth-order valence-corrected chi connectivity index (χ4v) is 3.38. The number of anilines is 2. The predicted molar refractivity (Wildman–Crippen MR) is 114 cm³/mol. The smallest absolute Gasteiger partial charge is 0.368 e. The van der Waals surface area contributed by atoms with E-state index in [1.165, 1.54) is 23.9 Å². The first-order valence-electron chi connectivity index (χ1n) is 9.24. The van der Waals surface area contributed by atoms with Crippen LogP contribution in [0.3, 0.4) is 0 Å². The first-order chi connectivity index (χ1) is 14.5. The van der Waals surface area contributed by atoms with Crippen molar-refractivity contribution < 1.29 is 18.0 Å². The third-order valence-corrected chi connectivity index (χ3v) is 5.00. The Hall–Kier alpha value is -2.84. The summed E-state index contributed by atoms with van der Waals surface area (Å²) in [5, 5.41) is 10.0. The molecule has 31 heavy (non-hydrogen) atoms. The number of alkyl halides is 3. The van der Waals surface area contributed by atoms with Gasteiger partial charge in [-0.2, -0.15) is 23.4 Å². The molecule has 2 aromatic rings. The van der Waals surface area contributed by atoms with Crippen LogP contribution in [0.1, 0.15) is 16.7 Å². The summed E-state index contributed by atoms with van der Waals surface area (Å²) in [7, 11) is 3.71. The van der Waals surface area contributed by atoms with Gasteiger partial charge in [-0.05, 0) is 32.0 Å². The Morgan fingerprint density at radius 2 is 1.97 bits per heavy atom. The van der Waals surface area contributed by atoms with Crippen molar-refractivity contribution >= 4 is 29.3 Å². The number of nitrogens with two attached hydrogens (primary N) is 1. The summed E-state index contributed by atoms with van der Waals surface area (Å²) in [6, 6.07) is 6.75. The van der Waals surface area contributed by atoms with E-state index in [1.54, 1.807) is 11.2 Å². The lowest BCUT2D eigenvalue weighted by molar-refractivity contribution is -0.137. The van der Waals surface area contributed by atoms with Gasteiger partial charge in [0.25, 0.3) is 0 Å². The lowest BCUT2D eigenvalue weighted by atomic mass is 10.1. The molecule has 166 valence electrons. The monoisotopic (exact) mass is 452 g/mol. The van der Waals surface area contributed by atoms with Gasteiger partial charge in [-0.25, -0.2) is 4.98 Å². The fraction of sp³-hybridized carbons (Fsp3) is 0.400. The van der Waals surface area contributed by atoms with Gasteiger partial charge in [-0.3, -0.25) is 4.79 Å². The molecule has 0 spiro atoms. The van der Waals surface area contributed by atoms with Crippen LogP contribution in [-0.2, 0) is 17.4 Å². The number of hydrogen-bond acceptors (Lipinski definition) is 8. The van der Waals surface area contributed by atoms with Crippen LogP contribution in [-0.4, -0.2) is 60.6 Å². The van der Waals surface area contributed by atoms with E-state index in [1.807, 2.05) is 19.0 Å². The standard InChI is InChI=1S/C20H23F3N6OS/c1-28(2)7-8-29(17-16(11-24)18(31-3)27-19(25)26-17)12-15(30)10-13-5-4-6-14(9-13)20(21,22)23/h4-6,9H,7-8,10,12H2,1-3H3,(H2,25,26,27). The molecule has 11 heteroatoms. The van der Waals surface area contributed by atoms with Crippen LogP contribution in [0.2, 0.25) is 0 Å². The molecule has 7 nitrogen and oxygen atoms in total. The molecule has 2 rings (SSSR count). The number of thioether (sulfide) groups is 1. The second-order valence-electron chi connectivity index (χ2n) is 7.04. The van der Waals surface area contributed by atoms with Gasteiger partial charge in [0.05, 0.1) is 12.1 Å². The van der Waals surface area contributed by atoms with Crippen molar-refractivity contribution in [2.45, 2.75) is 17.6 Å². The number of rotatable bonds is 9. The van der Waals surface area contributed by atoms with Gasteiger partial charge in [-0.1, -0.05) is 18.2 Å². The summed E-state index contributed by atoms with van der Waals surface area (Å²) in [4.78, 5) is 24.5. The van der Waals surface area contributed by atoms with E-state index in [0.29, 0.717) is 18.1 Å². The third-order valence-electron chi connectivity index (χ3n) is 4.32. The Bertz CT molecular complexity index is 974. The highest BCUT2D eigenvalue weighted by atomic mass is 32.2. The number of halogens is 3. The Morgan fingerprint density at radius 1 is 1.26 bits per heavy atom. The molecule has 1 heterocycles. The highest BCUT2D eigenvalue weighted by molar-refractivity contribution is 7.98. The van der Waals surface area contributed by atoms with Gasteiger partial charge >= 0.3 is 6.18 Å². The lowest BCUT2D eigenvalue weighted by Crippen LogP contribution is -2.37. The van der Waals surface area contributed by atoms with Crippen molar-refractivity contribution in [2.75, 3.05) is 50.6 Å². The summed E-state index contributed by atoms with van der Waals surface area (Å²) in [6.07, 6.45) is -2.92. The van der Waals surface area contributed by atoms with Gasteiger partial charge in [-0.15, -0.1) is 11.8 Å². The number of likely N-dealkylation sites (N-methyl/N-ethyl adjacent to an activating group) is 1. The average Bonchev–Trinajstić information content (AvgIpc) is 2.69. The summed E-state index contributed by atoms with van der Waals surface area (Å²) in [5.74, 6) is -0.109. The Balaban J connectivity index is 2.31. The number of hydrogen-bond donors (Lipinski definition) is 1. The molecule has 1 aromatic carbocycles. The van der Waals surface area contributed by atoms with Crippen molar-refractivity contribution in [3.8, 4) is 6.07 Å². The summed E-state index contributed by atoms with van der Waals surface area (Å²) in [6.45, 7) is 0.781. The number of carbonyl (C=O) groups excluding carboxylic acids is 1. The van der Waals surface area contributed by atoms with Crippen LogP contribution in [0.5, 0.6) is 0 Å². The Kier molecular flexibility index (Phi) is 8.24. The van der Waals surface area contributed by atoms with Gasteiger partial charge in [0.2, 0.25) is 5.95 Å². The predicted octanol–water partition coefficient (Wildman–Crippen LogP) is 2.85. The van der Waals surface area contributed by atoms with Crippen molar-refractivity contribution in [3.63, 3.8) is 0 Å². The largest absolute Gasteiger partial charge is 0.416 e. The van der Waals surface area contributed by atoms with Gasteiger partial charge in [0.1, 0.15) is 16.7 Å². The number of nitriles is 1. The molecule has 1 aromatic heterocycles. The molecule has 0 atom stereocenters. The van der Waals surface area contributed by atoms with E-state index in [-0.39, 0.29) is 41.6 Å². The second-order valence-corrected chi connectivity index (χ2v) is 7.83. The van der Waals surface area contributed by atoms with Crippen LogP contribution in [0, 0.1) is 11.3 Å². The van der Waals surface area contributed by atoms with Gasteiger partial charge in [0.15, 0.2) is 11.6 Å². The quantitative estimate of drug-likeness (QED) is 0.458. The van der Waals surface area contributed by atoms with E-state index in [4.69, 9.17) is 5.73 Å². The summed E-state index contributed by atoms with van der Waals surface area (Å²) in [5.41, 5.74) is 5.45. The molecule has 0 amide bonds. The number of ketones is 1. The van der Waals surface area contributed by atoms with Crippen LogP contribution < -0.4 is 10.6 Å². The third kappa shape index (κ3) is 6.83. The molecule has 0 aliphatic carbocycles. The zero-order valence-corrected chi connectivity index (χ0v) is 18.2. The van der Waals surface area contributed by atoms with Crippen molar-refractivity contribution in [2.24, 2.45) is 0 Å². The van der Waals surface area contributed by atoms with Crippen LogP contribution in [0.25, 0.3) is 0 Å². The molecule has 0 aliphatic rings. The number of aromatic nitrogens is 2. The maximum atomic E-state index is 12.9. The number of nitrogen functional groups attached to an aromatic ring is 1. The molecule has 2 N–H and O–H groups in total. The summed E-state index contributed by atoms with van der Waals surface area (Å²) < 4.78 is 38.8. The molecule has 0 bridgehead atoms. The SMILES string of the molecule is CSc1nc(N)nc(N(CCN(C)C)CC(=O)Cc2cccc(C(F)(F)F)c2)c1C#N. The molecule has 0 saturated carbocycles. The Morgan fingerprint density at radius 3 is 2.55 bits per heavy atom. The van der Waals surface area contributed by atoms with Crippen LogP contribution in [0.4, 0.5) is 24.9 Å². The first kappa shape index (κ1) is 24.4. The minimum atomic E-state index is -4.48. The topological polar surface area (TPSA) is 99.1 Å². The van der Waals surface area contributed by atoms with E-state index in [2.05, 4.69) is 16.0 Å². The van der Waals surface area contributed by atoms with E-state index >= 15 is 0 Å². The summed E-state index contributed by atoms with van der Waals surface area (Å²) >= 11 is 1.23. The number of nitrogens with zero attached hydrogens (tertiary/aromatic N) is 5. The molecular weight excluding hydrogens is 429 g/mol. The maximum Gasteiger partial charge on any atom is 0.416 e.